The molecule has 8 atom stereocenters. The second-order valence-electron chi connectivity index (χ2n) is 17.1. The molecule has 0 spiro atoms. The lowest BCUT2D eigenvalue weighted by Crippen LogP contribution is -2.64. The van der Waals surface area contributed by atoms with E-state index < -0.39 is 75.7 Å². The number of phosphoric ester groups is 1. The van der Waals surface area contributed by atoms with Gasteiger partial charge in [-0.3, -0.25) is 18.6 Å². The zero-order valence-electron chi connectivity index (χ0n) is 37.1. The highest BCUT2D eigenvalue weighted by Crippen LogP contribution is 2.47. The molecule has 0 bridgehead atoms. The lowest BCUT2D eigenvalue weighted by molar-refractivity contribution is -0.220. The number of carbonyl (C=O) groups is 2. The Morgan fingerprint density at radius 2 is 0.797 bits per heavy atom. The molecule has 350 valence electrons. The van der Waals surface area contributed by atoms with Crippen LogP contribution in [0.4, 0.5) is 0 Å². The molecule has 1 fully saturated rings. The molecule has 1 aliphatic carbocycles. The summed E-state index contributed by atoms with van der Waals surface area (Å²) in [5.41, 5.74) is 0. The van der Waals surface area contributed by atoms with Gasteiger partial charge < -0.3 is 39.9 Å². The maximum absolute atomic E-state index is 12.5. The monoisotopic (exact) mass is 867 g/mol. The first-order valence-electron chi connectivity index (χ1n) is 23.8. The molecule has 1 aliphatic rings. The summed E-state index contributed by atoms with van der Waals surface area (Å²) >= 11 is 0. The molecule has 6 N–H and O–H groups in total. The summed E-state index contributed by atoms with van der Waals surface area (Å²) in [7, 11) is -5.07. The molecule has 0 aromatic heterocycles. The van der Waals surface area contributed by atoms with E-state index in [1.165, 1.54) is 173 Å². The van der Waals surface area contributed by atoms with Crippen LogP contribution in [0.5, 0.6) is 0 Å². The standard InChI is InChI=1S/C45H87O13P/c1-3-4-5-6-7-8-9-10-11-12-13-14-15-16-17-18-19-20-21-22-23-24-25-26-27-28-29-30-31-32-33-34-39(47)55-35-38(57-37(2)46)36-56-59(53,54)58-45-43(51)41(49)40(48)42(50)44(45)52/h38,40-45,48-52H,3-36H2,1-2H3,(H,53,54)/t38-,40?,41-,42?,43?,44?,45?/m1/s1. The third-order valence-electron chi connectivity index (χ3n) is 11.5. The summed E-state index contributed by atoms with van der Waals surface area (Å²) in [5.74, 6) is -1.28. The van der Waals surface area contributed by atoms with Gasteiger partial charge in [-0.15, -0.1) is 0 Å². The van der Waals surface area contributed by atoms with Gasteiger partial charge in [0.25, 0.3) is 0 Å². The Morgan fingerprint density at radius 1 is 0.492 bits per heavy atom. The van der Waals surface area contributed by atoms with Gasteiger partial charge in [-0.05, 0) is 6.42 Å². The fourth-order valence-corrected chi connectivity index (χ4v) is 8.73. The molecule has 0 saturated heterocycles. The number of rotatable bonds is 40. The number of aliphatic hydroxyl groups is 5. The molecule has 13 nitrogen and oxygen atoms in total. The molecule has 0 aromatic rings. The van der Waals surface area contributed by atoms with Crippen molar-refractivity contribution in [1.29, 1.82) is 0 Å². The van der Waals surface area contributed by atoms with Crippen LogP contribution in [0.15, 0.2) is 0 Å². The quantitative estimate of drug-likeness (QED) is 0.0193. The molecular weight excluding hydrogens is 779 g/mol. The minimum atomic E-state index is -5.07. The van der Waals surface area contributed by atoms with E-state index in [2.05, 4.69) is 6.92 Å². The highest BCUT2D eigenvalue weighted by molar-refractivity contribution is 7.47. The van der Waals surface area contributed by atoms with Crippen LogP contribution in [-0.2, 0) is 32.7 Å². The SMILES string of the molecule is CCCCCCCCCCCCCCCCCCCCCCCCCCCCCCCCCC(=O)OC[C@H](COP(=O)(O)OC1C(O)C(O)C(O)[C@@H](O)C1O)OC(C)=O. The van der Waals surface area contributed by atoms with Crippen LogP contribution < -0.4 is 0 Å². The van der Waals surface area contributed by atoms with E-state index >= 15 is 0 Å². The first kappa shape index (κ1) is 55.9. The minimum absolute atomic E-state index is 0.169. The maximum Gasteiger partial charge on any atom is 0.472 e. The summed E-state index contributed by atoms with van der Waals surface area (Å²) in [6, 6.07) is 0. The largest absolute Gasteiger partial charge is 0.472 e. The number of hydrogen-bond donors (Lipinski definition) is 6. The van der Waals surface area contributed by atoms with E-state index in [9.17, 15) is 44.6 Å². The fraction of sp³-hybridized carbons (Fsp3) is 0.956. The van der Waals surface area contributed by atoms with Crippen molar-refractivity contribution < 1.29 is 63.1 Å². The third-order valence-corrected chi connectivity index (χ3v) is 12.5. The molecular formula is C45H87O13P. The number of unbranched alkanes of at least 4 members (excludes halogenated alkanes) is 30. The van der Waals surface area contributed by atoms with E-state index in [4.69, 9.17) is 18.5 Å². The first-order valence-corrected chi connectivity index (χ1v) is 25.3. The zero-order valence-corrected chi connectivity index (χ0v) is 38.0. The average Bonchev–Trinajstić information content (AvgIpc) is 3.21. The van der Waals surface area contributed by atoms with Crippen molar-refractivity contribution in [3.8, 4) is 0 Å². The Hall–Kier alpha value is -1.15. The van der Waals surface area contributed by atoms with E-state index in [0.717, 1.165) is 26.2 Å². The van der Waals surface area contributed by atoms with Crippen LogP contribution in [-0.4, -0.2) is 98.3 Å². The van der Waals surface area contributed by atoms with Crippen LogP contribution in [0.3, 0.4) is 0 Å². The van der Waals surface area contributed by atoms with Crippen molar-refractivity contribution in [1.82, 2.24) is 0 Å². The van der Waals surface area contributed by atoms with Gasteiger partial charge in [0.2, 0.25) is 0 Å². The molecule has 0 radical (unpaired) electrons. The highest BCUT2D eigenvalue weighted by atomic mass is 31.2. The van der Waals surface area contributed by atoms with Crippen molar-refractivity contribution in [2.24, 2.45) is 0 Å². The Balaban J connectivity index is 1.93. The molecule has 59 heavy (non-hydrogen) atoms. The van der Waals surface area contributed by atoms with E-state index in [1.54, 1.807) is 0 Å². The number of phosphoric acid groups is 1. The normalized spacial score (nSPS) is 22.2. The Bertz CT molecular complexity index is 1050. The maximum atomic E-state index is 12.5. The van der Waals surface area contributed by atoms with Gasteiger partial charge in [-0.1, -0.05) is 200 Å². The highest BCUT2D eigenvalue weighted by Gasteiger charge is 2.51. The summed E-state index contributed by atoms with van der Waals surface area (Å²) in [4.78, 5) is 33.9. The fourth-order valence-electron chi connectivity index (χ4n) is 7.76. The third kappa shape index (κ3) is 29.7. The molecule has 1 rings (SSSR count). The van der Waals surface area contributed by atoms with Crippen molar-refractivity contribution in [3.05, 3.63) is 0 Å². The van der Waals surface area contributed by atoms with Crippen LogP contribution in [0.25, 0.3) is 0 Å². The second kappa shape index (κ2) is 36.3. The lowest BCUT2D eigenvalue weighted by atomic mass is 9.85. The Kier molecular flexibility index (Phi) is 34.4. The van der Waals surface area contributed by atoms with Crippen molar-refractivity contribution >= 4 is 19.8 Å². The second-order valence-corrected chi connectivity index (χ2v) is 18.5. The molecule has 6 unspecified atom stereocenters. The van der Waals surface area contributed by atoms with Gasteiger partial charge in [0.15, 0.2) is 6.10 Å². The molecule has 0 heterocycles. The van der Waals surface area contributed by atoms with Gasteiger partial charge in [-0.25, -0.2) is 4.57 Å². The van der Waals surface area contributed by atoms with Gasteiger partial charge in [0.1, 0.15) is 43.2 Å². The summed E-state index contributed by atoms with van der Waals surface area (Å²) in [6.45, 7) is 2.19. The van der Waals surface area contributed by atoms with Crippen LogP contribution in [0, 0.1) is 0 Å². The van der Waals surface area contributed by atoms with Gasteiger partial charge in [0, 0.05) is 13.3 Å². The van der Waals surface area contributed by atoms with Crippen LogP contribution >= 0.6 is 7.82 Å². The lowest BCUT2D eigenvalue weighted by Gasteiger charge is -2.41. The number of aliphatic hydroxyl groups excluding tert-OH is 5. The molecule has 1 saturated carbocycles. The van der Waals surface area contributed by atoms with Crippen LogP contribution in [0.1, 0.15) is 219 Å². The topological polar surface area (TPSA) is 210 Å². The summed E-state index contributed by atoms with van der Waals surface area (Å²) in [6.07, 6.45) is 28.2. The number of ether oxygens (including phenoxy) is 2. The van der Waals surface area contributed by atoms with E-state index in [1.807, 2.05) is 0 Å². The molecule has 0 aliphatic heterocycles. The Labute approximate surface area is 357 Å². The molecule has 14 heteroatoms. The number of hydrogen-bond acceptors (Lipinski definition) is 12. The van der Waals surface area contributed by atoms with E-state index in [0.29, 0.717) is 6.42 Å². The van der Waals surface area contributed by atoms with E-state index in [-0.39, 0.29) is 6.42 Å². The van der Waals surface area contributed by atoms with Crippen molar-refractivity contribution in [3.63, 3.8) is 0 Å². The first-order chi connectivity index (χ1) is 28.4. The average molecular weight is 867 g/mol. The van der Waals surface area contributed by atoms with Gasteiger partial charge >= 0.3 is 19.8 Å². The summed E-state index contributed by atoms with van der Waals surface area (Å²) < 4.78 is 32.2. The van der Waals surface area contributed by atoms with Crippen molar-refractivity contribution in [2.45, 2.75) is 262 Å². The number of carbonyl (C=O) groups excluding carboxylic acids is 2. The van der Waals surface area contributed by atoms with Crippen molar-refractivity contribution in [2.75, 3.05) is 13.2 Å². The van der Waals surface area contributed by atoms with Gasteiger partial charge in [0.05, 0.1) is 6.61 Å². The zero-order chi connectivity index (χ0) is 43.6. The van der Waals surface area contributed by atoms with Gasteiger partial charge in [-0.2, -0.15) is 0 Å². The predicted molar refractivity (Wildman–Crippen MR) is 231 cm³/mol. The molecule has 0 aromatic carbocycles. The van der Waals surface area contributed by atoms with Crippen LogP contribution in [0.2, 0.25) is 0 Å². The predicted octanol–water partition coefficient (Wildman–Crippen LogP) is 9.28. The minimum Gasteiger partial charge on any atom is -0.462 e. The smallest absolute Gasteiger partial charge is 0.462 e. The number of esters is 2. The summed E-state index contributed by atoms with van der Waals surface area (Å²) in [5, 5.41) is 49.4. The molecule has 0 amide bonds. The Morgan fingerprint density at radius 3 is 1.12 bits per heavy atom.